The molecule has 0 rings (SSSR count). The number of carbonyl (C=O) groups excluding carboxylic acids is 1. The zero-order chi connectivity index (χ0) is 13.9. The minimum absolute atomic E-state index is 0.0324. The number of carbonyl (C=O) groups is 1. The predicted octanol–water partition coefficient (Wildman–Crippen LogP) is 2.26. The normalized spacial score (nSPS) is 14.3. The number of alkyl halides is 6. The van der Waals surface area contributed by atoms with E-state index < -0.39 is 30.2 Å². The van der Waals surface area contributed by atoms with E-state index in [9.17, 15) is 31.1 Å². The fourth-order valence-corrected chi connectivity index (χ4v) is 1.000. The molecule has 8 heteroatoms. The van der Waals surface area contributed by atoms with E-state index in [0.29, 0.717) is 0 Å². The summed E-state index contributed by atoms with van der Waals surface area (Å²) >= 11 is 0. The van der Waals surface area contributed by atoms with Crippen molar-refractivity contribution in [3.05, 3.63) is 0 Å². The molecular formula is C9H9F6NO. The monoisotopic (exact) mass is 261 g/mol. The molecular weight excluding hydrogens is 252 g/mol. The van der Waals surface area contributed by atoms with Gasteiger partial charge in [0.15, 0.2) is 0 Å². The van der Waals surface area contributed by atoms with Crippen LogP contribution in [0.4, 0.5) is 26.3 Å². The molecule has 0 aromatic rings. The maximum atomic E-state index is 12.1. The zero-order valence-electron chi connectivity index (χ0n) is 8.62. The van der Waals surface area contributed by atoms with Gasteiger partial charge in [0.1, 0.15) is 0 Å². The lowest BCUT2D eigenvalue weighted by Crippen LogP contribution is -2.50. The molecule has 0 saturated carbocycles. The Balaban J connectivity index is 4.99. The predicted molar refractivity (Wildman–Crippen MR) is 46.7 cm³/mol. The van der Waals surface area contributed by atoms with Crippen molar-refractivity contribution in [3.8, 4) is 12.3 Å². The van der Waals surface area contributed by atoms with E-state index in [2.05, 4.69) is 0 Å². The van der Waals surface area contributed by atoms with Crippen molar-refractivity contribution in [1.29, 1.82) is 0 Å². The SMILES string of the molecule is C#CC(CC)NC(=O)C(C(F)(F)F)C(F)(F)F. The van der Waals surface area contributed by atoms with Crippen LogP contribution in [0.2, 0.25) is 0 Å². The third-order valence-corrected chi connectivity index (χ3v) is 1.84. The highest BCUT2D eigenvalue weighted by molar-refractivity contribution is 5.80. The fourth-order valence-electron chi connectivity index (χ4n) is 1.000. The first-order valence-corrected chi connectivity index (χ1v) is 4.44. The third-order valence-electron chi connectivity index (χ3n) is 1.84. The van der Waals surface area contributed by atoms with Crippen LogP contribution in [0.15, 0.2) is 0 Å². The van der Waals surface area contributed by atoms with Gasteiger partial charge in [0.05, 0.1) is 6.04 Å². The molecule has 0 aliphatic heterocycles. The van der Waals surface area contributed by atoms with Gasteiger partial charge in [-0.15, -0.1) is 6.42 Å². The molecule has 0 bridgehead atoms. The molecule has 0 aromatic heterocycles. The van der Waals surface area contributed by atoms with Gasteiger partial charge in [-0.05, 0) is 6.42 Å². The lowest BCUT2D eigenvalue weighted by atomic mass is 10.1. The van der Waals surface area contributed by atoms with Gasteiger partial charge >= 0.3 is 12.4 Å². The van der Waals surface area contributed by atoms with Crippen LogP contribution in [-0.4, -0.2) is 24.3 Å². The number of terminal acetylenes is 1. The van der Waals surface area contributed by atoms with Crippen LogP contribution in [0.25, 0.3) is 0 Å². The molecule has 0 aliphatic carbocycles. The molecule has 0 fully saturated rings. The second-order valence-electron chi connectivity index (χ2n) is 3.15. The summed E-state index contributed by atoms with van der Waals surface area (Å²) in [5.74, 6) is -4.37. The molecule has 0 aromatic carbocycles. The number of nitrogens with one attached hydrogen (secondary N) is 1. The average Bonchev–Trinajstić information content (AvgIpc) is 2.09. The van der Waals surface area contributed by atoms with Crippen molar-refractivity contribution in [2.24, 2.45) is 5.92 Å². The molecule has 0 saturated heterocycles. The molecule has 0 spiro atoms. The van der Waals surface area contributed by atoms with Crippen molar-refractivity contribution in [2.75, 3.05) is 0 Å². The summed E-state index contributed by atoms with van der Waals surface area (Å²) in [5, 5.41) is 1.51. The Morgan fingerprint density at radius 1 is 1.24 bits per heavy atom. The van der Waals surface area contributed by atoms with Gasteiger partial charge in [0.2, 0.25) is 11.8 Å². The van der Waals surface area contributed by atoms with Gasteiger partial charge in [-0.3, -0.25) is 4.79 Å². The maximum Gasteiger partial charge on any atom is 0.409 e. The highest BCUT2D eigenvalue weighted by Gasteiger charge is 2.61. The third kappa shape index (κ3) is 4.54. The summed E-state index contributed by atoms with van der Waals surface area (Å²) in [6.45, 7) is 1.42. The molecule has 1 atom stereocenters. The maximum absolute atomic E-state index is 12.1. The van der Waals surface area contributed by atoms with Crippen LogP contribution in [-0.2, 0) is 4.79 Å². The van der Waals surface area contributed by atoms with Crippen LogP contribution in [0.3, 0.4) is 0 Å². The molecule has 98 valence electrons. The topological polar surface area (TPSA) is 29.1 Å². The smallest absolute Gasteiger partial charge is 0.342 e. The van der Waals surface area contributed by atoms with Crippen molar-refractivity contribution < 1.29 is 31.1 Å². The molecule has 0 heterocycles. The van der Waals surface area contributed by atoms with E-state index in [-0.39, 0.29) is 6.42 Å². The summed E-state index contributed by atoms with van der Waals surface area (Å²) in [4.78, 5) is 10.9. The first kappa shape index (κ1) is 15.6. The van der Waals surface area contributed by atoms with E-state index in [4.69, 9.17) is 6.42 Å². The summed E-state index contributed by atoms with van der Waals surface area (Å²) in [7, 11) is 0. The number of amides is 1. The van der Waals surface area contributed by atoms with Crippen LogP contribution < -0.4 is 5.32 Å². The average molecular weight is 261 g/mol. The Morgan fingerprint density at radius 2 is 1.65 bits per heavy atom. The lowest BCUT2D eigenvalue weighted by Gasteiger charge is -2.23. The van der Waals surface area contributed by atoms with Gasteiger partial charge in [0, 0.05) is 0 Å². The summed E-state index contributed by atoms with van der Waals surface area (Å²) in [6, 6.07) is -1.16. The van der Waals surface area contributed by atoms with Gasteiger partial charge in [-0.25, -0.2) is 0 Å². The van der Waals surface area contributed by atoms with Crippen LogP contribution in [0.1, 0.15) is 13.3 Å². The molecule has 2 nitrogen and oxygen atoms in total. The van der Waals surface area contributed by atoms with Gasteiger partial charge in [-0.1, -0.05) is 12.8 Å². The standard InChI is InChI=1S/C9H9F6NO/c1-3-5(4-2)16-7(17)6(8(10,11)12)9(13,14)15/h1,5-6H,4H2,2H3,(H,16,17). The van der Waals surface area contributed by atoms with Crippen LogP contribution in [0.5, 0.6) is 0 Å². The summed E-state index contributed by atoms with van der Waals surface area (Å²) in [5.41, 5.74) is 0. The van der Waals surface area contributed by atoms with E-state index in [1.807, 2.05) is 5.92 Å². The number of hydrogen-bond acceptors (Lipinski definition) is 1. The molecule has 1 unspecified atom stereocenters. The Hall–Kier alpha value is -1.39. The van der Waals surface area contributed by atoms with E-state index in [0.717, 1.165) is 0 Å². The van der Waals surface area contributed by atoms with Gasteiger partial charge in [-0.2, -0.15) is 26.3 Å². The lowest BCUT2D eigenvalue weighted by molar-refractivity contribution is -0.274. The van der Waals surface area contributed by atoms with Crippen molar-refractivity contribution in [2.45, 2.75) is 31.7 Å². The van der Waals surface area contributed by atoms with Crippen LogP contribution in [0, 0.1) is 18.3 Å². The second kappa shape index (κ2) is 5.29. The first-order chi connectivity index (χ1) is 7.54. The molecule has 17 heavy (non-hydrogen) atoms. The van der Waals surface area contributed by atoms with Crippen molar-refractivity contribution in [3.63, 3.8) is 0 Å². The second-order valence-corrected chi connectivity index (χ2v) is 3.15. The molecule has 1 amide bonds. The highest BCUT2D eigenvalue weighted by Crippen LogP contribution is 2.39. The minimum atomic E-state index is -5.70. The number of rotatable bonds is 3. The Kier molecular flexibility index (Phi) is 4.86. The Bertz CT molecular complexity index is 299. The van der Waals surface area contributed by atoms with E-state index >= 15 is 0 Å². The molecule has 1 N–H and O–H groups in total. The highest BCUT2D eigenvalue weighted by atomic mass is 19.4. The van der Waals surface area contributed by atoms with Crippen LogP contribution >= 0.6 is 0 Å². The minimum Gasteiger partial charge on any atom is -0.342 e. The first-order valence-electron chi connectivity index (χ1n) is 4.44. The van der Waals surface area contributed by atoms with Crippen molar-refractivity contribution >= 4 is 5.91 Å². The quantitative estimate of drug-likeness (QED) is 0.612. The van der Waals surface area contributed by atoms with E-state index in [1.54, 1.807) is 0 Å². The molecule has 0 aliphatic rings. The van der Waals surface area contributed by atoms with Gasteiger partial charge in [0.25, 0.3) is 0 Å². The molecule has 0 radical (unpaired) electrons. The Morgan fingerprint density at radius 3 is 1.88 bits per heavy atom. The zero-order valence-corrected chi connectivity index (χ0v) is 8.62. The Labute approximate surface area is 93.4 Å². The number of halogens is 6. The van der Waals surface area contributed by atoms with E-state index in [1.165, 1.54) is 12.2 Å². The van der Waals surface area contributed by atoms with Crippen molar-refractivity contribution in [1.82, 2.24) is 5.32 Å². The summed E-state index contributed by atoms with van der Waals surface area (Å²) < 4.78 is 72.6. The summed E-state index contributed by atoms with van der Waals surface area (Å²) in [6.07, 6.45) is -6.54. The fraction of sp³-hybridized carbons (Fsp3) is 0.667. The van der Waals surface area contributed by atoms with Gasteiger partial charge < -0.3 is 5.32 Å². The number of hydrogen-bond donors (Lipinski definition) is 1. The largest absolute Gasteiger partial charge is 0.409 e.